The van der Waals surface area contributed by atoms with Gasteiger partial charge in [-0.3, -0.25) is 4.90 Å². The molecule has 0 bridgehead atoms. The van der Waals surface area contributed by atoms with Crippen molar-refractivity contribution in [2.24, 2.45) is 11.7 Å². The van der Waals surface area contributed by atoms with Crippen molar-refractivity contribution in [1.29, 1.82) is 0 Å². The molecule has 106 valence electrons. The summed E-state index contributed by atoms with van der Waals surface area (Å²) in [6, 6.07) is 4.32. The Morgan fingerprint density at radius 3 is 2.84 bits per heavy atom. The monoisotopic (exact) mass is 268 g/mol. The Hall–Kier alpha value is -1.00. The van der Waals surface area contributed by atoms with Crippen LogP contribution in [0.4, 0.5) is 8.78 Å². The lowest BCUT2D eigenvalue weighted by molar-refractivity contribution is 0.128. The Balaban J connectivity index is 2.05. The fraction of sp³-hybridized carbons (Fsp3) is 0.600. The Morgan fingerprint density at radius 2 is 2.16 bits per heavy atom. The molecule has 1 heterocycles. The number of nitrogens with two attached hydrogens (primary N) is 1. The molecule has 2 rings (SSSR count). The molecule has 0 spiro atoms. The van der Waals surface area contributed by atoms with Crippen LogP contribution in [0.5, 0.6) is 0 Å². The molecule has 0 aromatic heterocycles. The Bertz CT molecular complexity index is 421. The molecule has 0 radical (unpaired) electrons. The van der Waals surface area contributed by atoms with Gasteiger partial charge in [0.1, 0.15) is 0 Å². The van der Waals surface area contributed by atoms with Crippen molar-refractivity contribution in [2.75, 3.05) is 19.6 Å². The minimum Gasteiger partial charge on any atom is -0.330 e. The molecule has 2 N–H and O–H groups in total. The van der Waals surface area contributed by atoms with Gasteiger partial charge in [0.25, 0.3) is 0 Å². The Morgan fingerprint density at radius 1 is 1.37 bits per heavy atom. The number of halogens is 2. The molecule has 2 nitrogen and oxygen atoms in total. The van der Waals surface area contributed by atoms with Crippen molar-refractivity contribution in [3.8, 4) is 0 Å². The Kier molecular flexibility index (Phi) is 4.88. The third-order valence-electron chi connectivity index (χ3n) is 4.10. The van der Waals surface area contributed by atoms with Gasteiger partial charge in [0.2, 0.25) is 0 Å². The molecule has 19 heavy (non-hydrogen) atoms. The molecular weight excluding hydrogens is 246 g/mol. The number of rotatable bonds is 4. The van der Waals surface area contributed by atoms with E-state index in [0.29, 0.717) is 5.92 Å². The van der Waals surface area contributed by atoms with E-state index in [2.05, 4.69) is 11.8 Å². The summed E-state index contributed by atoms with van der Waals surface area (Å²) in [6.45, 7) is 4.79. The van der Waals surface area contributed by atoms with Crippen LogP contribution in [0.1, 0.15) is 37.8 Å². The summed E-state index contributed by atoms with van der Waals surface area (Å²) in [4.78, 5) is 2.34. The van der Waals surface area contributed by atoms with Gasteiger partial charge in [-0.25, -0.2) is 8.78 Å². The normalized spacial score (nSPS) is 22.4. The van der Waals surface area contributed by atoms with Crippen LogP contribution in [0.25, 0.3) is 0 Å². The number of nitrogens with zero attached hydrogens (tertiary/aromatic N) is 1. The molecule has 1 saturated heterocycles. The van der Waals surface area contributed by atoms with Crippen LogP contribution in [0.3, 0.4) is 0 Å². The van der Waals surface area contributed by atoms with Crippen LogP contribution < -0.4 is 5.73 Å². The molecule has 1 aromatic carbocycles. The summed E-state index contributed by atoms with van der Waals surface area (Å²) in [5.74, 6) is -0.915. The number of piperidine rings is 1. The highest BCUT2D eigenvalue weighted by Gasteiger charge is 2.24. The highest BCUT2D eigenvalue weighted by molar-refractivity contribution is 5.21. The van der Waals surface area contributed by atoms with Gasteiger partial charge in [0.15, 0.2) is 11.6 Å². The highest BCUT2D eigenvalue weighted by atomic mass is 19.2. The summed E-state index contributed by atoms with van der Waals surface area (Å²) >= 11 is 0. The lowest BCUT2D eigenvalue weighted by Crippen LogP contribution is -2.37. The summed E-state index contributed by atoms with van der Waals surface area (Å²) in [5, 5.41) is 0. The molecule has 1 aromatic rings. The topological polar surface area (TPSA) is 29.3 Å². The van der Waals surface area contributed by atoms with E-state index in [1.807, 2.05) is 0 Å². The Labute approximate surface area is 113 Å². The van der Waals surface area contributed by atoms with Crippen LogP contribution in [-0.2, 0) is 0 Å². The second-order valence-electron chi connectivity index (χ2n) is 5.43. The lowest BCUT2D eigenvalue weighted by atomic mass is 9.93. The lowest BCUT2D eigenvalue weighted by Gasteiger charge is -2.37. The minimum atomic E-state index is -0.782. The fourth-order valence-corrected chi connectivity index (χ4v) is 2.90. The van der Waals surface area contributed by atoms with Gasteiger partial charge >= 0.3 is 0 Å². The molecule has 2 unspecified atom stereocenters. The third-order valence-corrected chi connectivity index (χ3v) is 4.10. The van der Waals surface area contributed by atoms with Gasteiger partial charge in [0, 0.05) is 12.6 Å². The fourth-order valence-electron chi connectivity index (χ4n) is 2.90. The van der Waals surface area contributed by atoms with Crippen molar-refractivity contribution in [3.05, 3.63) is 35.4 Å². The number of hydrogen-bond donors (Lipinski definition) is 1. The van der Waals surface area contributed by atoms with Crippen molar-refractivity contribution in [3.63, 3.8) is 0 Å². The first kappa shape index (κ1) is 14.4. The molecule has 4 heteroatoms. The smallest absolute Gasteiger partial charge is 0.159 e. The van der Waals surface area contributed by atoms with Gasteiger partial charge in [-0.2, -0.15) is 0 Å². The van der Waals surface area contributed by atoms with Crippen molar-refractivity contribution >= 4 is 0 Å². The van der Waals surface area contributed by atoms with E-state index in [9.17, 15) is 8.78 Å². The molecule has 2 atom stereocenters. The quantitative estimate of drug-likeness (QED) is 0.909. The largest absolute Gasteiger partial charge is 0.330 e. The number of benzene rings is 1. The van der Waals surface area contributed by atoms with E-state index in [-0.39, 0.29) is 6.04 Å². The van der Waals surface area contributed by atoms with Gasteiger partial charge < -0.3 is 5.73 Å². The maximum absolute atomic E-state index is 13.3. The van der Waals surface area contributed by atoms with Crippen LogP contribution >= 0.6 is 0 Å². The zero-order chi connectivity index (χ0) is 13.8. The predicted molar refractivity (Wildman–Crippen MR) is 72.7 cm³/mol. The van der Waals surface area contributed by atoms with Crippen LogP contribution in [-0.4, -0.2) is 24.5 Å². The van der Waals surface area contributed by atoms with Crippen molar-refractivity contribution in [1.82, 2.24) is 4.90 Å². The molecule has 0 saturated carbocycles. The predicted octanol–water partition coefficient (Wildman–Crippen LogP) is 3.09. The number of likely N-dealkylation sites (tertiary alicyclic amines) is 1. The second-order valence-corrected chi connectivity index (χ2v) is 5.43. The average Bonchev–Trinajstić information content (AvgIpc) is 2.42. The van der Waals surface area contributed by atoms with Gasteiger partial charge in [0.05, 0.1) is 0 Å². The van der Waals surface area contributed by atoms with E-state index in [0.717, 1.165) is 38.0 Å². The zero-order valence-corrected chi connectivity index (χ0v) is 11.4. The van der Waals surface area contributed by atoms with Crippen LogP contribution in [0.15, 0.2) is 18.2 Å². The van der Waals surface area contributed by atoms with E-state index in [4.69, 9.17) is 5.73 Å². The summed E-state index contributed by atoms with van der Waals surface area (Å²) in [7, 11) is 0. The van der Waals surface area contributed by atoms with Crippen LogP contribution in [0, 0.1) is 17.6 Å². The van der Waals surface area contributed by atoms with E-state index in [1.165, 1.54) is 18.6 Å². The molecule has 0 amide bonds. The first-order valence-electron chi connectivity index (χ1n) is 7.01. The second kappa shape index (κ2) is 6.44. The molecule has 1 aliphatic rings. The average molecular weight is 268 g/mol. The minimum absolute atomic E-state index is 0.121. The van der Waals surface area contributed by atoms with Crippen molar-refractivity contribution < 1.29 is 8.78 Å². The standard InChI is InChI=1S/C15H22F2N2/c1-11(13-4-5-14(16)15(17)9-13)19-8-2-3-12(10-19)6-7-18/h4-5,9,11-12H,2-3,6-8,10,18H2,1H3. The number of hydrogen-bond acceptors (Lipinski definition) is 2. The maximum atomic E-state index is 13.3. The highest BCUT2D eigenvalue weighted by Crippen LogP contribution is 2.28. The van der Waals surface area contributed by atoms with Crippen LogP contribution in [0.2, 0.25) is 0 Å². The molecular formula is C15H22F2N2. The maximum Gasteiger partial charge on any atom is 0.159 e. The SMILES string of the molecule is CC(c1ccc(F)c(F)c1)N1CCCC(CCN)C1. The molecule has 0 aliphatic carbocycles. The first-order valence-corrected chi connectivity index (χ1v) is 7.01. The van der Waals surface area contributed by atoms with Gasteiger partial charge in [-0.1, -0.05) is 6.07 Å². The summed E-state index contributed by atoms with van der Waals surface area (Å²) in [6.07, 6.45) is 3.41. The van der Waals surface area contributed by atoms with E-state index in [1.54, 1.807) is 6.07 Å². The van der Waals surface area contributed by atoms with E-state index >= 15 is 0 Å². The summed E-state index contributed by atoms with van der Waals surface area (Å²) < 4.78 is 26.3. The zero-order valence-electron chi connectivity index (χ0n) is 11.4. The molecule has 1 fully saturated rings. The third kappa shape index (κ3) is 3.51. The molecule has 1 aliphatic heterocycles. The first-order chi connectivity index (χ1) is 9.11. The van der Waals surface area contributed by atoms with Gasteiger partial charge in [-0.15, -0.1) is 0 Å². The van der Waals surface area contributed by atoms with Crippen molar-refractivity contribution in [2.45, 2.75) is 32.2 Å². The van der Waals surface area contributed by atoms with Gasteiger partial charge in [-0.05, 0) is 62.9 Å². The summed E-state index contributed by atoms with van der Waals surface area (Å²) in [5.41, 5.74) is 6.46. The van der Waals surface area contributed by atoms with E-state index < -0.39 is 11.6 Å².